The van der Waals surface area contributed by atoms with Gasteiger partial charge in [-0.3, -0.25) is 0 Å². The van der Waals surface area contributed by atoms with Gasteiger partial charge in [0, 0.05) is 6.61 Å². The lowest BCUT2D eigenvalue weighted by Gasteiger charge is -2.22. The van der Waals surface area contributed by atoms with E-state index in [1.165, 1.54) is 0 Å². The van der Waals surface area contributed by atoms with Crippen molar-refractivity contribution < 1.29 is 30.6 Å². The van der Waals surface area contributed by atoms with Crippen LogP contribution in [0, 0.1) is 0 Å². The van der Waals surface area contributed by atoms with Crippen molar-refractivity contribution in [1.29, 1.82) is 0 Å². The number of rotatable bonds is 14. The third-order valence-corrected chi connectivity index (χ3v) is 5.13. The highest BCUT2D eigenvalue weighted by Gasteiger charge is 2.43. The molecule has 0 aliphatic carbocycles. The van der Waals surface area contributed by atoms with Crippen molar-refractivity contribution in [3.8, 4) is 0 Å². The third-order valence-electron chi connectivity index (χ3n) is 5.13. The topological polar surface area (TPSA) is 133 Å². The number of hydrogen-bond acceptors (Lipinski definition) is 7. The fourth-order valence-corrected chi connectivity index (χ4v) is 3.49. The molecule has 1 aliphatic heterocycles. The predicted molar refractivity (Wildman–Crippen MR) is 95.1 cm³/mol. The average molecular weight is 363 g/mol. The zero-order chi connectivity index (χ0) is 18.7. The Morgan fingerprint density at radius 2 is 1.28 bits per heavy atom. The smallest absolute Gasteiger partial charge is 0.0993 e. The molecule has 0 spiro atoms. The van der Waals surface area contributed by atoms with Crippen LogP contribution >= 0.6 is 0 Å². The van der Waals surface area contributed by atoms with Crippen molar-refractivity contribution in [3.05, 3.63) is 0 Å². The van der Waals surface area contributed by atoms with E-state index < -0.39 is 30.4 Å². The van der Waals surface area contributed by atoms with E-state index in [9.17, 15) is 20.4 Å². The van der Waals surface area contributed by atoms with Crippen molar-refractivity contribution in [2.24, 2.45) is 0 Å². The summed E-state index contributed by atoms with van der Waals surface area (Å²) in [6.07, 6.45) is 5.63. The van der Waals surface area contributed by atoms with Crippen molar-refractivity contribution in [2.45, 2.75) is 101 Å². The zero-order valence-electron chi connectivity index (χ0n) is 15.1. The highest BCUT2D eigenvalue weighted by atomic mass is 16.3. The lowest BCUT2D eigenvalue weighted by atomic mass is 9.98. The minimum absolute atomic E-state index is 0.135. The van der Waals surface area contributed by atoms with Crippen LogP contribution in [-0.4, -0.2) is 80.4 Å². The van der Waals surface area contributed by atoms with Gasteiger partial charge in [0.05, 0.1) is 43.1 Å². The van der Waals surface area contributed by atoms with Gasteiger partial charge in [0.1, 0.15) is 0 Å². The summed E-state index contributed by atoms with van der Waals surface area (Å²) in [5, 5.41) is 60.2. The van der Waals surface area contributed by atoms with Gasteiger partial charge in [-0.15, -0.1) is 0 Å². The summed E-state index contributed by atoms with van der Waals surface area (Å²) in [7, 11) is 0. The highest BCUT2D eigenvalue weighted by molar-refractivity contribution is 5.00. The number of nitrogens with one attached hydrogen (secondary N) is 1. The van der Waals surface area contributed by atoms with E-state index >= 15 is 0 Å². The van der Waals surface area contributed by atoms with Gasteiger partial charge in [-0.05, 0) is 25.7 Å². The van der Waals surface area contributed by atoms with Gasteiger partial charge in [0.25, 0.3) is 0 Å². The van der Waals surface area contributed by atoms with Crippen molar-refractivity contribution >= 4 is 0 Å². The maximum atomic E-state index is 10.2. The summed E-state index contributed by atoms with van der Waals surface area (Å²) in [5.41, 5.74) is 0. The van der Waals surface area contributed by atoms with Crippen molar-refractivity contribution in [2.75, 3.05) is 13.2 Å². The van der Waals surface area contributed by atoms with E-state index in [1.54, 1.807) is 0 Å². The molecule has 0 aromatic carbocycles. The molecule has 0 radical (unpaired) electrons. The summed E-state index contributed by atoms with van der Waals surface area (Å²) in [6.45, 7) is -0.133. The van der Waals surface area contributed by atoms with Crippen LogP contribution in [0.3, 0.4) is 0 Å². The van der Waals surface area contributed by atoms with Gasteiger partial charge >= 0.3 is 0 Å². The van der Waals surface area contributed by atoms with Gasteiger partial charge < -0.3 is 36.0 Å². The summed E-state index contributed by atoms with van der Waals surface area (Å²) in [4.78, 5) is 0. The molecule has 0 amide bonds. The molecule has 1 fully saturated rings. The molecule has 1 saturated heterocycles. The Balaban J connectivity index is 2.01. The highest BCUT2D eigenvalue weighted by Crippen LogP contribution is 2.20. The minimum Gasteiger partial charge on any atom is -0.396 e. The Labute approximate surface area is 150 Å². The SMILES string of the molecule is OCCC[C@@H](O)CCCCCCCC[C@@H](O)[C@H]1N[C@H](CO)[C@@H](O)[C@@H]1O. The number of aliphatic hydroxyl groups is 6. The fraction of sp³-hybridized carbons (Fsp3) is 1.00. The number of aliphatic hydroxyl groups excluding tert-OH is 6. The third kappa shape index (κ3) is 8.30. The minimum atomic E-state index is -1.05. The molecule has 0 aromatic heterocycles. The zero-order valence-corrected chi connectivity index (χ0v) is 15.1. The Hall–Kier alpha value is -0.280. The first-order chi connectivity index (χ1) is 12.0. The first-order valence-electron chi connectivity index (χ1n) is 9.71. The average Bonchev–Trinajstić information content (AvgIpc) is 2.90. The largest absolute Gasteiger partial charge is 0.396 e. The second-order valence-corrected chi connectivity index (χ2v) is 7.25. The molecule has 6 atom stereocenters. The maximum Gasteiger partial charge on any atom is 0.0993 e. The fourth-order valence-electron chi connectivity index (χ4n) is 3.49. The molecule has 0 saturated carbocycles. The van der Waals surface area contributed by atoms with Gasteiger partial charge in [0.15, 0.2) is 0 Å². The normalized spacial score (nSPS) is 29.0. The van der Waals surface area contributed by atoms with Crippen molar-refractivity contribution in [1.82, 2.24) is 5.32 Å². The first-order valence-corrected chi connectivity index (χ1v) is 9.71. The van der Waals surface area contributed by atoms with Crippen LogP contribution in [0.4, 0.5) is 0 Å². The molecule has 1 rings (SSSR count). The molecule has 7 N–H and O–H groups in total. The summed E-state index contributed by atoms with van der Waals surface area (Å²) in [6, 6.07) is -1.17. The van der Waals surface area contributed by atoms with E-state index in [-0.39, 0.29) is 19.3 Å². The molecular weight excluding hydrogens is 326 g/mol. The van der Waals surface area contributed by atoms with E-state index in [0.717, 1.165) is 44.9 Å². The monoisotopic (exact) mass is 363 g/mol. The van der Waals surface area contributed by atoms with Crippen LogP contribution in [0.5, 0.6) is 0 Å². The predicted octanol–water partition coefficient (Wildman–Crippen LogP) is -0.344. The van der Waals surface area contributed by atoms with E-state index in [2.05, 4.69) is 5.32 Å². The Kier molecular flexibility index (Phi) is 11.8. The standard InChI is InChI=1S/C18H37NO6/c20-11-7-9-13(22)8-5-3-1-2-4-6-10-15(23)16-18(25)17(24)14(12-21)19-16/h13-25H,1-12H2/t13-,14+,15+,16+,17+,18+/m0/s1. The van der Waals surface area contributed by atoms with Crippen molar-refractivity contribution in [3.63, 3.8) is 0 Å². The second-order valence-electron chi connectivity index (χ2n) is 7.25. The van der Waals surface area contributed by atoms with E-state index in [4.69, 9.17) is 10.2 Å². The maximum absolute atomic E-state index is 10.2. The summed E-state index contributed by atoms with van der Waals surface area (Å²) < 4.78 is 0. The van der Waals surface area contributed by atoms with Gasteiger partial charge in [0.2, 0.25) is 0 Å². The van der Waals surface area contributed by atoms with Crippen LogP contribution in [-0.2, 0) is 0 Å². The molecule has 25 heavy (non-hydrogen) atoms. The molecule has 0 unspecified atom stereocenters. The van der Waals surface area contributed by atoms with E-state index in [1.807, 2.05) is 0 Å². The summed E-state index contributed by atoms with van der Waals surface area (Å²) in [5.74, 6) is 0. The number of hydrogen-bond donors (Lipinski definition) is 7. The molecule has 0 aromatic rings. The second kappa shape index (κ2) is 13.0. The Morgan fingerprint density at radius 1 is 0.720 bits per heavy atom. The van der Waals surface area contributed by atoms with Crippen LogP contribution < -0.4 is 5.32 Å². The van der Waals surface area contributed by atoms with Crippen LogP contribution in [0.2, 0.25) is 0 Å². The molecule has 7 nitrogen and oxygen atoms in total. The van der Waals surface area contributed by atoms with Crippen LogP contribution in [0.25, 0.3) is 0 Å². The van der Waals surface area contributed by atoms with Gasteiger partial charge in [-0.25, -0.2) is 0 Å². The first kappa shape index (κ1) is 22.8. The lowest BCUT2D eigenvalue weighted by Crippen LogP contribution is -2.44. The molecule has 150 valence electrons. The van der Waals surface area contributed by atoms with Crippen LogP contribution in [0.15, 0.2) is 0 Å². The Morgan fingerprint density at radius 3 is 1.84 bits per heavy atom. The lowest BCUT2D eigenvalue weighted by molar-refractivity contribution is -0.00443. The van der Waals surface area contributed by atoms with Crippen LogP contribution in [0.1, 0.15) is 64.2 Å². The summed E-state index contributed by atoms with van der Waals surface area (Å²) >= 11 is 0. The molecular formula is C18H37NO6. The van der Waals surface area contributed by atoms with Gasteiger partial charge in [-0.2, -0.15) is 0 Å². The van der Waals surface area contributed by atoms with E-state index in [0.29, 0.717) is 19.3 Å². The molecule has 1 aliphatic rings. The molecule has 0 bridgehead atoms. The molecule has 1 heterocycles. The molecule has 7 heteroatoms. The van der Waals surface area contributed by atoms with Gasteiger partial charge in [-0.1, -0.05) is 38.5 Å². The quantitative estimate of drug-likeness (QED) is 0.210. The number of unbranched alkanes of at least 4 members (excludes halogenated alkanes) is 5. The Bertz CT molecular complexity index is 333.